The lowest BCUT2D eigenvalue weighted by atomic mass is 10.4. The Morgan fingerprint density at radius 2 is 2.50 bits per heavy atom. The van der Waals surface area contributed by atoms with E-state index in [1.807, 2.05) is 10.8 Å². The predicted molar refractivity (Wildman–Crippen MR) is 49.2 cm³/mol. The molecule has 5 heteroatoms. The molecular weight excluding hydrogens is 198 g/mol. The minimum atomic E-state index is -0.983. The van der Waals surface area contributed by atoms with Gasteiger partial charge in [0.25, 0.3) is 0 Å². The second kappa shape index (κ2) is 4.23. The van der Waals surface area contributed by atoms with Gasteiger partial charge >= 0.3 is 5.97 Å². The van der Waals surface area contributed by atoms with Crippen LogP contribution in [0.3, 0.4) is 0 Å². The van der Waals surface area contributed by atoms with Gasteiger partial charge in [-0.2, -0.15) is 11.3 Å². The number of carbonyl (C=O) groups is 1. The van der Waals surface area contributed by atoms with Crippen LogP contribution >= 0.6 is 22.9 Å². The van der Waals surface area contributed by atoms with Gasteiger partial charge in [-0.25, -0.2) is 0 Å². The van der Waals surface area contributed by atoms with Crippen LogP contribution < -0.4 is 0 Å². The van der Waals surface area contributed by atoms with E-state index in [0.717, 1.165) is 5.56 Å². The van der Waals surface area contributed by atoms with Crippen LogP contribution in [0.15, 0.2) is 21.8 Å². The van der Waals surface area contributed by atoms with Crippen LogP contribution in [-0.2, 0) is 4.79 Å². The Labute approximate surface area is 78.3 Å². The summed E-state index contributed by atoms with van der Waals surface area (Å²) in [7, 11) is 0. The van der Waals surface area contributed by atoms with E-state index in [0.29, 0.717) is 0 Å². The van der Waals surface area contributed by atoms with Gasteiger partial charge in [0.05, 0.1) is 0 Å². The first-order chi connectivity index (χ1) is 5.70. The maximum absolute atomic E-state index is 10.1. The van der Waals surface area contributed by atoms with E-state index in [1.165, 1.54) is 11.3 Å². The number of carboxylic acid groups (broad SMARTS) is 1. The van der Waals surface area contributed by atoms with E-state index in [2.05, 4.69) is 4.99 Å². The van der Waals surface area contributed by atoms with E-state index in [1.54, 1.807) is 6.07 Å². The second-order valence-electron chi connectivity index (χ2n) is 2.01. The molecule has 0 atom stereocenters. The molecule has 1 heterocycles. The molecule has 1 aromatic rings. The van der Waals surface area contributed by atoms with Gasteiger partial charge in [0.1, 0.15) is 11.7 Å². The van der Waals surface area contributed by atoms with Crippen molar-refractivity contribution in [2.75, 3.05) is 6.54 Å². The molecule has 0 fully saturated rings. The summed E-state index contributed by atoms with van der Waals surface area (Å²) in [6, 6.07) is 1.79. The number of halogens is 1. The van der Waals surface area contributed by atoms with Crippen LogP contribution in [-0.4, -0.2) is 22.8 Å². The molecule has 0 aliphatic heterocycles. The van der Waals surface area contributed by atoms with Crippen molar-refractivity contribution in [1.82, 2.24) is 0 Å². The van der Waals surface area contributed by atoms with Crippen molar-refractivity contribution in [3.63, 3.8) is 0 Å². The molecule has 0 amide bonds. The maximum atomic E-state index is 10.1. The van der Waals surface area contributed by atoms with Gasteiger partial charge in [0.2, 0.25) is 0 Å². The molecule has 1 rings (SSSR count). The van der Waals surface area contributed by atoms with E-state index in [-0.39, 0.29) is 11.7 Å². The summed E-state index contributed by atoms with van der Waals surface area (Å²) < 4.78 is 0. The van der Waals surface area contributed by atoms with Gasteiger partial charge in [0, 0.05) is 10.9 Å². The minimum absolute atomic E-state index is 0.249. The largest absolute Gasteiger partial charge is 0.480 e. The van der Waals surface area contributed by atoms with Crippen LogP contribution in [0, 0.1) is 0 Å². The number of rotatable bonds is 3. The molecule has 3 nitrogen and oxygen atoms in total. The predicted octanol–water partition coefficient (Wildman–Crippen LogP) is 1.82. The van der Waals surface area contributed by atoms with Crippen molar-refractivity contribution >= 4 is 34.1 Å². The van der Waals surface area contributed by atoms with Gasteiger partial charge in [-0.15, -0.1) is 0 Å². The summed E-state index contributed by atoms with van der Waals surface area (Å²) in [6.07, 6.45) is 0. The van der Waals surface area contributed by atoms with Crippen LogP contribution in [0.1, 0.15) is 5.56 Å². The molecule has 0 aliphatic carbocycles. The molecule has 0 unspecified atom stereocenters. The molecule has 0 saturated heterocycles. The highest BCUT2D eigenvalue weighted by Gasteiger charge is 2.00. The van der Waals surface area contributed by atoms with Crippen molar-refractivity contribution in [2.45, 2.75) is 0 Å². The molecule has 0 bridgehead atoms. The maximum Gasteiger partial charge on any atom is 0.325 e. The Bertz CT molecular complexity index is 294. The fourth-order valence-electron chi connectivity index (χ4n) is 0.610. The number of hydrogen-bond acceptors (Lipinski definition) is 3. The van der Waals surface area contributed by atoms with Crippen molar-refractivity contribution in [2.24, 2.45) is 4.99 Å². The summed E-state index contributed by atoms with van der Waals surface area (Å²) in [5.74, 6) is -0.983. The molecule has 1 N–H and O–H groups in total. The highest BCUT2D eigenvalue weighted by Crippen LogP contribution is 2.09. The Kier molecular flexibility index (Phi) is 3.25. The Morgan fingerprint density at radius 1 is 1.75 bits per heavy atom. The third-order valence-electron chi connectivity index (χ3n) is 1.11. The van der Waals surface area contributed by atoms with Gasteiger partial charge < -0.3 is 5.11 Å². The summed E-state index contributed by atoms with van der Waals surface area (Å²) in [6.45, 7) is -0.283. The zero-order valence-corrected chi connectivity index (χ0v) is 7.60. The van der Waals surface area contributed by atoms with Crippen LogP contribution in [0.25, 0.3) is 0 Å². The molecule has 0 radical (unpaired) electrons. The van der Waals surface area contributed by atoms with Crippen molar-refractivity contribution < 1.29 is 9.90 Å². The lowest BCUT2D eigenvalue weighted by Crippen LogP contribution is -2.01. The number of carboxylic acids is 1. The minimum Gasteiger partial charge on any atom is -0.480 e. The summed E-state index contributed by atoms with van der Waals surface area (Å²) >= 11 is 7.17. The van der Waals surface area contributed by atoms with Crippen LogP contribution in [0.5, 0.6) is 0 Å². The lowest BCUT2D eigenvalue weighted by Gasteiger charge is -1.91. The smallest absolute Gasteiger partial charge is 0.325 e. The molecule has 0 saturated carbocycles. The Hall–Kier alpha value is -0.870. The zero-order chi connectivity index (χ0) is 8.97. The molecule has 0 aromatic carbocycles. The Balaban J connectivity index is 2.65. The van der Waals surface area contributed by atoms with Gasteiger partial charge in [-0.1, -0.05) is 11.6 Å². The fraction of sp³-hybridized carbons (Fsp3) is 0.143. The Morgan fingerprint density at radius 3 is 3.00 bits per heavy atom. The molecule has 12 heavy (non-hydrogen) atoms. The third-order valence-corrected chi connectivity index (χ3v) is 2.13. The van der Waals surface area contributed by atoms with Crippen molar-refractivity contribution in [1.29, 1.82) is 0 Å². The van der Waals surface area contributed by atoms with Crippen LogP contribution in [0.2, 0.25) is 0 Å². The van der Waals surface area contributed by atoms with Gasteiger partial charge in [-0.3, -0.25) is 9.79 Å². The number of thiophene rings is 1. The first-order valence-electron chi connectivity index (χ1n) is 3.14. The lowest BCUT2D eigenvalue weighted by molar-refractivity contribution is -0.135. The van der Waals surface area contributed by atoms with Gasteiger partial charge in [-0.05, 0) is 11.4 Å². The summed E-state index contributed by atoms with van der Waals surface area (Å²) in [5.41, 5.74) is 0.767. The van der Waals surface area contributed by atoms with E-state index in [4.69, 9.17) is 16.7 Å². The van der Waals surface area contributed by atoms with E-state index < -0.39 is 5.97 Å². The molecule has 1 aromatic heterocycles. The van der Waals surface area contributed by atoms with E-state index >= 15 is 0 Å². The highest BCUT2D eigenvalue weighted by atomic mass is 35.5. The van der Waals surface area contributed by atoms with Crippen molar-refractivity contribution in [3.05, 3.63) is 22.4 Å². The topological polar surface area (TPSA) is 49.7 Å². The van der Waals surface area contributed by atoms with Gasteiger partial charge in [0.15, 0.2) is 0 Å². The summed E-state index contributed by atoms with van der Waals surface area (Å²) in [5, 5.41) is 12.2. The fourth-order valence-corrected chi connectivity index (χ4v) is 1.49. The number of aliphatic imine (C=N–C) groups is 1. The average molecular weight is 204 g/mol. The molecule has 64 valence electrons. The standard InChI is InChI=1S/C7H6ClNO2S/c8-7(9-3-6(10)11)5-1-2-12-4-5/h1-2,4H,3H2,(H,10,11). The normalized spacial score (nSPS) is 11.6. The monoisotopic (exact) mass is 203 g/mol. The SMILES string of the molecule is O=C(O)CN=C(Cl)c1ccsc1. The summed E-state index contributed by atoms with van der Waals surface area (Å²) in [4.78, 5) is 13.8. The molecule has 0 aliphatic rings. The molecular formula is C7H6ClNO2S. The second-order valence-corrected chi connectivity index (χ2v) is 3.15. The first-order valence-corrected chi connectivity index (χ1v) is 4.46. The number of hydrogen-bond donors (Lipinski definition) is 1. The van der Waals surface area contributed by atoms with E-state index in [9.17, 15) is 4.79 Å². The van der Waals surface area contributed by atoms with Crippen LogP contribution in [0.4, 0.5) is 0 Å². The number of nitrogens with zero attached hydrogens (tertiary/aromatic N) is 1. The third kappa shape index (κ3) is 2.64. The first kappa shape index (κ1) is 9.22. The number of aliphatic carboxylic acids is 1. The highest BCUT2D eigenvalue weighted by molar-refractivity contribution is 7.08. The molecule has 0 spiro atoms. The quantitative estimate of drug-likeness (QED) is 0.762. The zero-order valence-electron chi connectivity index (χ0n) is 6.03. The average Bonchev–Trinajstić information content (AvgIpc) is 2.51. The van der Waals surface area contributed by atoms with Crippen molar-refractivity contribution in [3.8, 4) is 0 Å².